The van der Waals surface area contributed by atoms with Gasteiger partial charge in [0.05, 0.1) is 16.8 Å². The number of carboxylic acids is 1. The van der Waals surface area contributed by atoms with Gasteiger partial charge in [0, 0.05) is 0 Å². The lowest BCUT2D eigenvalue weighted by molar-refractivity contribution is 0.0697. The van der Waals surface area contributed by atoms with Crippen LogP contribution < -0.4 is 5.32 Å². The molecule has 108 valence electrons. The van der Waals surface area contributed by atoms with Crippen LogP contribution in [0.1, 0.15) is 26.3 Å². The Morgan fingerprint density at radius 1 is 1.05 bits per heavy atom. The molecule has 1 amide bonds. The van der Waals surface area contributed by atoms with Gasteiger partial charge in [0.1, 0.15) is 11.6 Å². The Labute approximate surface area is 119 Å². The summed E-state index contributed by atoms with van der Waals surface area (Å²) in [4.78, 5) is 23.0. The summed E-state index contributed by atoms with van der Waals surface area (Å²) in [5.41, 5.74) is -0.0805. The molecule has 0 unspecified atom stereocenters. The van der Waals surface area contributed by atoms with Crippen LogP contribution >= 0.6 is 0 Å². The summed E-state index contributed by atoms with van der Waals surface area (Å²) in [6, 6.07) is 6.95. The van der Waals surface area contributed by atoms with Gasteiger partial charge in [-0.15, -0.1) is 0 Å². The van der Waals surface area contributed by atoms with E-state index in [9.17, 15) is 18.4 Å². The normalized spacial score (nSPS) is 10.2. The van der Waals surface area contributed by atoms with Gasteiger partial charge in [-0.2, -0.15) is 0 Å². The van der Waals surface area contributed by atoms with Crippen molar-refractivity contribution in [2.45, 2.75) is 6.92 Å². The van der Waals surface area contributed by atoms with Gasteiger partial charge in [-0.25, -0.2) is 13.6 Å². The number of benzene rings is 2. The van der Waals surface area contributed by atoms with Crippen LogP contribution in [0.5, 0.6) is 0 Å². The maximum Gasteiger partial charge on any atom is 0.337 e. The first-order valence-corrected chi connectivity index (χ1v) is 5.99. The number of carboxylic acid groups (broad SMARTS) is 1. The minimum atomic E-state index is -1.39. The van der Waals surface area contributed by atoms with E-state index in [2.05, 4.69) is 5.32 Å². The average molecular weight is 291 g/mol. The van der Waals surface area contributed by atoms with Crippen LogP contribution in [0.3, 0.4) is 0 Å². The van der Waals surface area contributed by atoms with Gasteiger partial charge in [0.15, 0.2) is 0 Å². The topological polar surface area (TPSA) is 66.4 Å². The molecule has 0 saturated heterocycles. The molecular formula is C15H11F2NO3. The zero-order chi connectivity index (χ0) is 15.6. The van der Waals surface area contributed by atoms with Crippen LogP contribution in [-0.4, -0.2) is 17.0 Å². The summed E-state index contributed by atoms with van der Waals surface area (Å²) in [5.74, 6) is -3.66. The predicted molar refractivity (Wildman–Crippen MR) is 72.4 cm³/mol. The molecule has 0 atom stereocenters. The van der Waals surface area contributed by atoms with Crippen molar-refractivity contribution in [1.29, 1.82) is 0 Å². The highest BCUT2D eigenvalue weighted by Crippen LogP contribution is 2.19. The maximum absolute atomic E-state index is 13.7. The monoisotopic (exact) mass is 291 g/mol. The molecule has 0 aliphatic rings. The number of amides is 1. The van der Waals surface area contributed by atoms with Gasteiger partial charge >= 0.3 is 5.97 Å². The zero-order valence-electron chi connectivity index (χ0n) is 11.0. The molecule has 0 bridgehead atoms. The number of anilines is 1. The summed E-state index contributed by atoms with van der Waals surface area (Å²) in [7, 11) is 0. The Morgan fingerprint density at radius 2 is 1.76 bits per heavy atom. The van der Waals surface area contributed by atoms with Crippen molar-refractivity contribution < 1.29 is 23.5 Å². The highest BCUT2D eigenvalue weighted by atomic mass is 19.1. The number of hydrogen-bond donors (Lipinski definition) is 2. The van der Waals surface area contributed by atoms with Gasteiger partial charge in [0.2, 0.25) is 0 Å². The number of aromatic carboxylic acids is 1. The van der Waals surface area contributed by atoms with Crippen LogP contribution in [0, 0.1) is 18.6 Å². The van der Waals surface area contributed by atoms with E-state index in [4.69, 9.17) is 5.11 Å². The van der Waals surface area contributed by atoms with Crippen molar-refractivity contribution in [2.24, 2.45) is 0 Å². The summed E-state index contributed by atoms with van der Waals surface area (Å²) in [6.45, 7) is 1.67. The number of rotatable bonds is 3. The maximum atomic E-state index is 13.7. The quantitative estimate of drug-likeness (QED) is 0.912. The van der Waals surface area contributed by atoms with E-state index in [1.165, 1.54) is 12.1 Å². The van der Waals surface area contributed by atoms with Gasteiger partial charge in [-0.05, 0) is 42.8 Å². The summed E-state index contributed by atoms with van der Waals surface area (Å²) in [5, 5.41) is 11.2. The Bertz CT molecular complexity index is 729. The number of hydrogen-bond acceptors (Lipinski definition) is 2. The third-order valence-electron chi connectivity index (χ3n) is 2.83. The third kappa shape index (κ3) is 3.22. The minimum absolute atomic E-state index is 0.103. The van der Waals surface area contributed by atoms with E-state index < -0.39 is 29.1 Å². The van der Waals surface area contributed by atoms with E-state index in [0.717, 1.165) is 18.2 Å². The van der Waals surface area contributed by atoms with Crippen LogP contribution in [0.25, 0.3) is 0 Å². The average Bonchev–Trinajstić information content (AvgIpc) is 2.40. The highest BCUT2D eigenvalue weighted by Gasteiger charge is 2.16. The van der Waals surface area contributed by atoms with Gasteiger partial charge in [0.25, 0.3) is 5.91 Å². The van der Waals surface area contributed by atoms with Crippen LogP contribution in [0.4, 0.5) is 14.5 Å². The molecule has 0 saturated carbocycles. The summed E-state index contributed by atoms with van der Waals surface area (Å²) in [6.07, 6.45) is 0. The molecule has 2 rings (SSSR count). The van der Waals surface area contributed by atoms with Gasteiger partial charge < -0.3 is 10.4 Å². The lowest BCUT2D eigenvalue weighted by atomic mass is 10.1. The number of carbonyl (C=O) groups excluding carboxylic acids is 1. The molecule has 0 radical (unpaired) electrons. The minimum Gasteiger partial charge on any atom is -0.478 e. The van der Waals surface area contributed by atoms with Crippen LogP contribution in [0.2, 0.25) is 0 Å². The third-order valence-corrected chi connectivity index (χ3v) is 2.83. The van der Waals surface area contributed by atoms with Crippen molar-refractivity contribution in [3.63, 3.8) is 0 Å². The molecular weight excluding hydrogens is 280 g/mol. The Balaban J connectivity index is 2.34. The molecule has 0 aliphatic heterocycles. The van der Waals surface area contributed by atoms with E-state index in [1.54, 1.807) is 13.0 Å². The second kappa shape index (κ2) is 5.70. The molecule has 0 heterocycles. The zero-order valence-corrected chi connectivity index (χ0v) is 11.0. The molecule has 2 aromatic carbocycles. The fourth-order valence-electron chi connectivity index (χ4n) is 1.80. The SMILES string of the molecule is Cc1ccc(C(=O)Nc2ccc(F)cc2C(=O)O)c(F)c1. The van der Waals surface area contributed by atoms with E-state index in [1.807, 2.05) is 0 Å². The molecule has 0 spiro atoms. The lowest BCUT2D eigenvalue weighted by Gasteiger charge is -2.09. The molecule has 0 fully saturated rings. The van der Waals surface area contributed by atoms with Gasteiger partial charge in [-0.3, -0.25) is 4.79 Å². The highest BCUT2D eigenvalue weighted by molar-refractivity contribution is 6.07. The van der Waals surface area contributed by atoms with Crippen molar-refractivity contribution >= 4 is 17.6 Å². The predicted octanol–water partition coefficient (Wildman–Crippen LogP) is 3.22. The van der Waals surface area contributed by atoms with E-state index in [-0.39, 0.29) is 11.3 Å². The van der Waals surface area contributed by atoms with Crippen molar-refractivity contribution in [3.05, 3.63) is 64.7 Å². The number of halogens is 2. The van der Waals surface area contributed by atoms with Crippen LogP contribution in [-0.2, 0) is 0 Å². The fourth-order valence-corrected chi connectivity index (χ4v) is 1.80. The molecule has 6 heteroatoms. The number of aryl methyl sites for hydroxylation is 1. The number of carbonyl (C=O) groups is 2. The first kappa shape index (κ1) is 14.6. The van der Waals surface area contributed by atoms with Crippen molar-refractivity contribution in [2.75, 3.05) is 5.32 Å². The Morgan fingerprint density at radius 3 is 2.38 bits per heavy atom. The van der Waals surface area contributed by atoms with E-state index in [0.29, 0.717) is 5.56 Å². The Kier molecular flexibility index (Phi) is 3.98. The first-order valence-electron chi connectivity index (χ1n) is 5.99. The second-order valence-corrected chi connectivity index (χ2v) is 4.43. The van der Waals surface area contributed by atoms with Crippen molar-refractivity contribution in [3.8, 4) is 0 Å². The lowest BCUT2D eigenvalue weighted by Crippen LogP contribution is -2.16. The molecule has 4 nitrogen and oxygen atoms in total. The largest absolute Gasteiger partial charge is 0.478 e. The Hall–Kier alpha value is -2.76. The molecule has 2 aromatic rings. The number of nitrogens with one attached hydrogen (secondary N) is 1. The van der Waals surface area contributed by atoms with Crippen LogP contribution in [0.15, 0.2) is 36.4 Å². The standard InChI is InChI=1S/C15H11F2NO3/c1-8-2-4-10(12(17)6-8)14(19)18-13-5-3-9(16)7-11(13)15(20)21/h2-7H,1H3,(H,18,19)(H,20,21). The van der Waals surface area contributed by atoms with Crippen molar-refractivity contribution in [1.82, 2.24) is 0 Å². The van der Waals surface area contributed by atoms with Gasteiger partial charge in [-0.1, -0.05) is 6.07 Å². The first-order chi connectivity index (χ1) is 9.88. The van der Waals surface area contributed by atoms with E-state index >= 15 is 0 Å². The summed E-state index contributed by atoms with van der Waals surface area (Å²) >= 11 is 0. The molecule has 0 aliphatic carbocycles. The smallest absolute Gasteiger partial charge is 0.337 e. The molecule has 0 aromatic heterocycles. The summed E-state index contributed by atoms with van der Waals surface area (Å²) < 4.78 is 26.7. The fraction of sp³-hybridized carbons (Fsp3) is 0.0667. The molecule has 21 heavy (non-hydrogen) atoms. The molecule has 2 N–H and O–H groups in total. The second-order valence-electron chi connectivity index (χ2n) is 4.43.